The van der Waals surface area contributed by atoms with Gasteiger partial charge in [0, 0.05) is 5.56 Å². The summed E-state index contributed by atoms with van der Waals surface area (Å²) in [5.41, 5.74) is 7.73. The first-order valence-electron chi connectivity index (χ1n) is 5.87. The third-order valence-corrected chi connectivity index (χ3v) is 3.80. The average molecular weight is 309 g/mol. The van der Waals surface area contributed by atoms with E-state index in [1.54, 1.807) is 6.26 Å². The molecule has 0 bridgehead atoms. The van der Waals surface area contributed by atoms with Crippen molar-refractivity contribution in [1.82, 2.24) is 5.43 Å². The van der Waals surface area contributed by atoms with Gasteiger partial charge in [0.25, 0.3) is 0 Å². The Kier molecular flexibility index (Phi) is 4.22. The third-order valence-electron chi connectivity index (χ3n) is 3.15. The number of hydrogen-bond acceptors (Lipinski definition) is 3. The van der Waals surface area contributed by atoms with Gasteiger partial charge in [-0.25, -0.2) is 0 Å². The monoisotopic (exact) mass is 308 g/mol. The van der Waals surface area contributed by atoms with E-state index in [-0.39, 0.29) is 6.04 Å². The van der Waals surface area contributed by atoms with E-state index < -0.39 is 0 Å². The molecule has 0 spiro atoms. The molecule has 0 amide bonds. The summed E-state index contributed by atoms with van der Waals surface area (Å²) in [5.74, 6) is 5.66. The average Bonchev–Trinajstić information content (AvgIpc) is 2.77. The highest BCUT2D eigenvalue weighted by molar-refractivity contribution is 9.10. The largest absolute Gasteiger partial charge is 0.457 e. The molecule has 4 heteroatoms. The van der Waals surface area contributed by atoms with E-state index in [0.29, 0.717) is 0 Å². The minimum absolute atomic E-state index is 0.0404. The predicted octanol–water partition coefficient (Wildman–Crippen LogP) is 3.41. The molecular formula is C14H17BrN2O. The quantitative estimate of drug-likeness (QED) is 0.672. The van der Waals surface area contributed by atoms with Crippen LogP contribution in [-0.2, 0) is 6.42 Å². The molecule has 1 aromatic carbocycles. The van der Waals surface area contributed by atoms with Crippen molar-refractivity contribution in [3.05, 3.63) is 57.5 Å². The van der Waals surface area contributed by atoms with E-state index in [1.165, 1.54) is 16.7 Å². The van der Waals surface area contributed by atoms with Crippen molar-refractivity contribution in [2.45, 2.75) is 26.3 Å². The van der Waals surface area contributed by atoms with Crippen LogP contribution in [0, 0.1) is 13.8 Å². The molecule has 0 aliphatic rings. The lowest BCUT2D eigenvalue weighted by Crippen LogP contribution is -2.29. The maximum Gasteiger partial charge on any atom is 0.173 e. The Morgan fingerprint density at radius 2 is 2.11 bits per heavy atom. The van der Waals surface area contributed by atoms with Crippen molar-refractivity contribution in [3.63, 3.8) is 0 Å². The number of furan rings is 1. The van der Waals surface area contributed by atoms with Gasteiger partial charge in [0.05, 0.1) is 12.3 Å². The zero-order chi connectivity index (χ0) is 13.1. The second-order valence-electron chi connectivity index (χ2n) is 4.50. The minimum atomic E-state index is 0.0404. The molecule has 0 aliphatic carbocycles. The molecule has 0 aliphatic heterocycles. The number of hydrogen-bond donors (Lipinski definition) is 2. The lowest BCUT2D eigenvalue weighted by Gasteiger charge is -2.16. The van der Waals surface area contributed by atoms with Crippen LogP contribution in [-0.4, -0.2) is 0 Å². The first-order valence-corrected chi connectivity index (χ1v) is 6.66. The van der Waals surface area contributed by atoms with E-state index in [1.807, 2.05) is 6.07 Å². The topological polar surface area (TPSA) is 51.2 Å². The van der Waals surface area contributed by atoms with Crippen LogP contribution in [0.2, 0.25) is 0 Å². The zero-order valence-corrected chi connectivity index (χ0v) is 12.1. The van der Waals surface area contributed by atoms with E-state index in [0.717, 1.165) is 16.7 Å². The zero-order valence-electron chi connectivity index (χ0n) is 10.5. The smallest absolute Gasteiger partial charge is 0.173 e. The second kappa shape index (κ2) is 5.69. The Labute approximate surface area is 115 Å². The number of nitrogens with one attached hydrogen (secondary N) is 1. The molecule has 96 valence electrons. The molecule has 0 fully saturated rings. The van der Waals surface area contributed by atoms with E-state index in [9.17, 15) is 0 Å². The number of halogens is 1. The van der Waals surface area contributed by atoms with Gasteiger partial charge in [-0.1, -0.05) is 23.8 Å². The number of hydrazine groups is 1. The molecule has 2 aromatic rings. The summed E-state index contributed by atoms with van der Waals surface area (Å²) < 4.78 is 5.99. The molecule has 0 radical (unpaired) electrons. The fraction of sp³-hybridized carbons (Fsp3) is 0.286. The number of benzene rings is 1. The number of nitrogens with two attached hydrogens (primary N) is 1. The molecule has 18 heavy (non-hydrogen) atoms. The minimum Gasteiger partial charge on any atom is -0.457 e. The van der Waals surface area contributed by atoms with E-state index >= 15 is 0 Å². The fourth-order valence-corrected chi connectivity index (χ4v) is 2.57. The van der Waals surface area contributed by atoms with Gasteiger partial charge in [-0.3, -0.25) is 11.3 Å². The van der Waals surface area contributed by atoms with Gasteiger partial charge in [0.15, 0.2) is 4.67 Å². The van der Waals surface area contributed by atoms with Gasteiger partial charge in [-0.15, -0.1) is 0 Å². The Hall–Kier alpha value is -1.10. The van der Waals surface area contributed by atoms with Crippen molar-refractivity contribution in [2.24, 2.45) is 5.84 Å². The summed E-state index contributed by atoms with van der Waals surface area (Å²) in [7, 11) is 0. The summed E-state index contributed by atoms with van der Waals surface area (Å²) in [6, 6.07) is 8.44. The Morgan fingerprint density at radius 3 is 2.72 bits per heavy atom. The third kappa shape index (κ3) is 2.83. The Morgan fingerprint density at radius 1 is 1.33 bits per heavy atom. The number of aryl methyl sites for hydroxylation is 2. The first-order chi connectivity index (χ1) is 8.61. The molecule has 1 heterocycles. The summed E-state index contributed by atoms with van der Waals surface area (Å²) in [4.78, 5) is 0. The van der Waals surface area contributed by atoms with Crippen LogP contribution in [0.1, 0.15) is 28.3 Å². The van der Waals surface area contributed by atoms with Gasteiger partial charge < -0.3 is 4.42 Å². The summed E-state index contributed by atoms with van der Waals surface area (Å²) in [6.07, 6.45) is 2.50. The molecular weight excluding hydrogens is 292 g/mol. The summed E-state index contributed by atoms with van der Waals surface area (Å²) in [5, 5.41) is 0. The maximum atomic E-state index is 5.66. The van der Waals surface area contributed by atoms with E-state index in [2.05, 4.69) is 53.4 Å². The van der Waals surface area contributed by atoms with Crippen molar-refractivity contribution in [1.29, 1.82) is 0 Å². The lowest BCUT2D eigenvalue weighted by atomic mass is 9.96. The molecule has 1 unspecified atom stereocenters. The van der Waals surface area contributed by atoms with Crippen LogP contribution in [0.25, 0.3) is 0 Å². The lowest BCUT2D eigenvalue weighted by molar-refractivity contribution is 0.506. The number of rotatable bonds is 4. The molecule has 0 saturated heterocycles. The Balaban J connectivity index is 2.26. The van der Waals surface area contributed by atoms with Crippen molar-refractivity contribution >= 4 is 15.9 Å². The van der Waals surface area contributed by atoms with Crippen LogP contribution >= 0.6 is 15.9 Å². The highest BCUT2D eigenvalue weighted by atomic mass is 79.9. The SMILES string of the molecule is Cc1ccc(C)c(CC(NN)c2ccoc2Br)c1. The standard InChI is InChI=1S/C14H17BrN2O/c1-9-3-4-10(2)11(7-9)8-13(17-16)12-5-6-18-14(12)15/h3-7,13,17H,8,16H2,1-2H3. The van der Waals surface area contributed by atoms with Gasteiger partial charge >= 0.3 is 0 Å². The summed E-state index contributed by atoms with van der Waals surface area (Å²) in [6.45, 7) is 4.22. The highest BCUT2D eigenvalue weighted by Gasteiger charge is 2.16. The fourth-order valence-electron chi connectivity index (χ4n) is 2.05. The highest BCUT2D eigenvalue weighted by Crippen LogP contribution is 2.27. The molecule has 0 saturated carbocycles. The molecule has 3 nitrogen and oxygen atoms in total. The maximum absolute atomic E-state index is 5.66. The molecule has 2 rings (SSSR count). The van der Waals surface area contributed by atoms with Gasteiger partial charge in [0.2, 0.25) is 0 Å². The second-order valence-corrected chi connectivity index (χ2v) is 5.22. The summed E-state index contributed by atoms with van der Waals surface area (Å²) >= 11 is 3.39. The van der Waals surface area contributed by atoms with E-state index in [4.69, 9.17) is 10.3 Å². The van der Waals surface area contributed by atoms with Crippen LogP contribution in [0.4, 0.5) is 0 Å². The van der Waals surface area contributed by atoms with Crippen LogP contribution in [0.3, 0.4) is 0 Å². The predicted molar refractivity (Wildman–Crippen MR) is 76.1 cm³/mol. The first kappa shape index (κ1) is 13.3. The molecule has 3 N–H and O–H groups in total. The normalized spacial score (nSPS) is 12.7. The van der Waals surface area contributed by atoms with Crippen molar-refractivity contribution < 1.29 is 4.42 Å². The van der Waals surface area contributed by atoms with Crippen LogP contribution in [0.15, 0.2) is 39.6 Å². The van der Waals surface area contributed by atoms with Gasteiger partial charge in [-0.2, -0.15) is 0 Å². The van der Waals surface area contributed by atoms with Crippen molar-refractivity contribution in [3.8, 4) is 0 Å². The van der Waals surface area contributed by atoms with Crippen LogP contribution in [0.5, 0.6) is 0 Å². The van der Waals surface area contributed by atoms with Crippen LogP contribution < -0.4 is 11.3 Å². The molecule has 1 atom stereocenters. The Bertz CT molecular complexity index is 536. The van der Waals surface area contributed by atoms with Crippen molar-refractivity contribution in [2.75, 3.05) is 0 Å². The van der Waals surface area contributed by atoms with Gasteiger partial charge in [-0.05, 0) is 53.4 Å². The molecule has 1 aromatic heterocycles. The van der Waals surface area contributed by atoms with Gasteiger partial charge in [0.1, 0.15) is 0 Å².